The molecule has 0 aliphatic carbocycles. The van der Waals surface area contributed by atoms with Gasteiger partial charge in [0.05, 0.1) is 11.1 Å². The lowest BCUT2D eigenvalue weighted by atomic mass is 10.2. The molecule has 1 saturated heterocycles. The second kappa shape index (κ2) is 10.7. The first-order chi connectivity index (χ1) is 16.9. The molecule has 0 spiro atoms. The molecule has 2 heterocycles. The molecule has 0 atom stereocenters. The van der Waals surface area contributed by atoms with Crippen molar-refractivity contribution in [3.8, 4) is 11.4 Å². The average molecular weight is 509 g/mol. The van der Waals surface area contributed by atoms with Crippen LogP contribution in [0.4, 0.5) is 4.79 Å². The van der Waals surface area contributed by atoms with Crippen molar-refractivity contribution in [1.82, 2.24) is 25.1 Å². The molecule has 35 heavy (non-hydrogen) atoms. The lowest BCUT2D eigenvalue weighted by Crippen LogP contribution is -2.24. The minimum absolute atomic E-state index is 0.0632. The third kappa shape index (κ3) is 5.96. The van der Waals surface area contributed by atoms with Gasteiger partial charge in [-0.05, 0) is 48.2 Å². The van der Waals surface area contributed by atoms with E-state index in [-0.39, 0.29) is 17.2 Å². The van der Waals surface area contributed by atoms with Crippen molar-refractivity contribution in [2.75, 3.05) is 0 Å². The van der Waals surface area contributed by atoms with Gasteiger partial charge in [-0.1, -0.05) is 30.3 Å². The highest BCUT2D eigenvalue weighted by atomic mass is 32.2. The van der Waals surface area contributed by atoms with Gasteiger partial charge < -0.3 is 4.74 Å². The first-order valence-corrected chi connectivity index (χ1v) is 11.2. The fourth-order valence-electron chi connectivity index (χ4n) is 2.90. The van der Waals surface area contributed by atoms with Crippen LogP contribution in [0.3, 0.4) is 0 Å². The molecule has 1 aliphatic rings. The molecule has 4 rings (SSSR count). The molecule has 0 radical (unpaired) electrons. The van der Waals surface area contributed by atoms with E-state index in [1.54, 1.807) is 22.8 Å². The van der Waals surface area contributed by atoms with Gasteiger partial charge in [-0.15, -0.1) is 0 Å². The third-order valence-electron chi connectivity index (χ3n) is 4.47. The molecule has 0 saturated carbocycles. The third-order valence-corrected chi connectivity index (χ3v) is 5.69. The topological polar surface area (TPSA) is 137 Å². The van der Waals surface area contributed by atoms with Crippen LogP contribution in [-0.2, 0) is 20.9 Å². The molecule has 3 amide bonds. The largest absolute Gasteiger partial charge is 0.423 e. The zero-order valence-corrected chi connectivity index (χ0v) is 19.4. The Kier molecular flexibility index (Phi) is 7.28. The van der Waals surface area contributed by atoms with Crippen molar-refractivity contribution in [1.29, 1.82) is 0 Å². The molecule has 1 aromatic heterocycles. The Morgan fingerprint density at radius 2 is 1.89 bits per heavy atom. The zero-order chi connectivity index (χ0) is 24.8. The highest BCUT2D eigenvalue weighted by Gasteiger charge is 2.26. The van der Waals surface area contributed by atoms with E-state index in [4.69, 9.17) is 17.0 Å². The number of rotatable bonds is 7. The zero-order valence-electron chi connectivity index (χ0n) is 17.8. The molecule has 11 nitrogen and oxygen atoms in total. The highest BCUT2D eigenvalue weighted by Crippen LogP contribution is 2.23. The minimum Gasteiger partial charge on any atom is -0.423 e. The minimum atomic E-state index is -0.842. The second-order valence-corrected chi connectivity index (χ2v) is 8.26. The maximum atomic E-state index is 12.3. The van der Waals surface area contributed by atoms with Crippen LogP contribution in [0.2, 0.25) is 0 Å². The molecule has 1 fully saturated rings. The van der Waals surface area contributed by atoms with Crippen LogP contribution >= 0.6 is 24.0 Å². The quantitative estimate of drug-likeness (QED) is 0.124. The number of para-hydroxylation sites is 2. The van der Waals surface area contributed by atoms with Crippen LogP contribution in [0, 0.1) is 4.77 Å². The standard InChI is InChI=1S/C22H16N6O5S2/c29-18(12-28-22(34)27(13-24-28)15-7-2-1-3-8-15)26-23-11-14-6-4-5-9-16(14)33-19(30)10-17-20(31)25-21(32)35-17/h1-11,13H,12H2,(H,26,29)(H,25,31,32)/b17-10+,23-11-. The fourth-order valence-corrected chi connectivity index (χ4v) is 3.81. The van der Waals surface area contributed by atoms with Crippen LogP contribution in [0.1, 0.15) is 5.56 Å². The number of hydrogen-bond acceptors (Lipinski definition) is 9. The van der Waals surface area contributed by atoms with Crippen molar-refractivity contribution < 1.29 is 23.9 Å². The Balaban J connectivity index is 1.38. The molecular weight excluding hydrogens is 492 g/mol. The van der Waals surface area contributed by atoms with E-state index in [0.717, 1.165) is 11.8 Å². The predicted molar refractivity (Wildman–Crippen MR) is 129 cm³/mol. The summed E-state index contributed by atoms with van der Waals surface area (Å²) >= 11 is 5.99. The smallest absolute Gasteiger partial charge is 0.337 e. The van der Waals surface area contributed by atoms with E-state index in [2.05, 4.69) is 15.6 Å². The number of imide groups is 1. The van der Waals surface area contributed by atoms with Gasteiger partial charge in [0.15, 0.2) is 0 Å². The van der Waals surface area contributed by atoms with E-state index in [9.17, 15) is 19.2 Å². The molecule has 2 aromatic carbocycles. The van der Waals surface area contributed by atoms with E-state index in [1.165, 1.54) is 23.3 Å². The summed E-state index contributed by atoms with van der Waals surface area (Å²) in [7, 11) is 0. The summed E-state index contributed by atoms with van der Waals surface area (Å²) in [6.45, 7) is -0.154. The lowest BCUT2D eigenvalue weighted by molar-refractivity contribution is -0.129. The van der Waals surface area contributed by atoms with Crippen LogP contribution in [0.15, 0.2) is 77.0 Å². The van der Waals surface area contributed by atoms with Crippen LogP contribution in [0.5, 0.6) is 5.75 Å². The molecule has 176 valence electrons. The summed E-state index contributed by atoms with van der Waals surface area (Å²) in [6.07, 6.45) is 3.76. The summed E-state index contributed by atoms with van der Waals surface area (Å²) in [5, 5.41) is 9.53. The number of amides is 3. The summed E-state index contributed by atoms with van der Waals surface area (Å²) in [4.78, 5) is 47.2. The fraction of sp³-hybridized carbons (Fsp3) is 0.0455. The highest BCUT2D eigenvalue weighted by molar-refractivity contribution is 8.18. The molecule has 0 unspecified atom stereocenters. The van der Waals surface area contributed by atoms with E-state index < -0.39 is 23.0 Å². The number of hydrazone groups is 1. The van der Waals surface area contributed by atoms with Gasteiger partial charge in [0.25, 0.3) is 17.1 Å². The first kappa shape index (κ1) is 23.8. The number of nitrogens with zero attached hydrogens (tertiary/aromatic N) is 4. The Morgan fingerprint density at radius 1 is 1.14 bits per heavy atom. The molecule has 3 aromatic rings. The monoisotopic (exact) mass is 508 g/mol. The van der Waals surface area contributed by atoms with Crippen molar-refractivity contribution in [2.24, 2.45) is 5.10 Å². The molecule has 2 N–H and O–H groups in total. The van der Waals surface area contributed by atoms with Crippen LogP contribution < -0.4 is 15.5 Å². The van der Waals surface area contributed by atoms with Gasteiger partial charge in [-0.2, -0.15) is 10.2 Å². The van der Waals surface area contributed by atoms with Gasteiger partial charge in [-0.25, -0.2) is 14.9 Å². The number of nitrogens with one attached hydrogen (secondary N) is 2. The number of hydrogen-bond donors (Lipinski definition) is 2. The Hall–Kier alpha value is -4.36. The summed E-state index contributed by atoms with van der Waals surface area (Å²) in [6, 6.07) is 15.8. The van der Waals surface area contributed by atoms with Gasteiger partial charge in [-0.3, -0.25) is 24.3 Å². The predicted octanol–water partition coefficient (Wildman–Crippen LogP) is 2.33. The summed E-state index contributed by atoms with van der Waals surface area (Å²) in [5.74, 6) is -1.83. The average Bonchev–Trinajstić information content (AvgIpc) is 3.35. The maximum Gasteiger partial charge on any atom is 0.337 e. The number of ether oxygens (including phenoxy) is 1. The number of carbonyl (C=O) groups is 4. The van der Waals surface area contributed by atoms with Gasteiger partial charge in [0, 0.05) is 17.3 Å². The van der Waals surface area contributed by atoms with Crippen molar-refractivity contribution >= 4 is 53.2 Å². The van der Waals surface area contributed by atoms with E-state index in [0.29, 0.717) is 22.1 Å². The Bertz CT molecular complexity index is 1430. The Morgan fingerprint density at radius 3 is 2.63 bits per heavy atom. The van der Waals surface area contributed by atoms with E-state index in [1.807, 2.05) is 35.6 Å². The van der Waals surface area contributed by atoms with Crippen molar-refractivity contribution in [2.45, 2.75) is 6.54 Å². The molecule has 0 bridgehead atoms. The van der Waals surface area contributed by atoms with Crippen LogP contribution in [-0.4, -0.2) is 43.6 Å². The SMILES string of the molecule is O=C(Cn1ncn(-c2ccccc2)c1=S)N/N=C\c1ccccc1OC(=O)/C=C1/SC(=O)NC1=O. The number of thioether (sulfide) groups is 1. The normalized spacial score (nSPS) is 14.3. The van der Waals surface area contributed by atoms with Gasteiger partial charge >= 0.3 is 5.97 Å². The lowest BCUT2D eigenvalue weighted by Gasteiger charge is -2.05. The van der Waals surface area contributed by atoms with E-state index >= 15 is 0 Å². The molecule has 1 aliphatic heterocycles. The summed E-state index contributed by atoms with van der Waals surface area (Å²) in [5.41, 5.74) is 3.59. The van der Waals surface area contributed by atoms with Gasteiger partial charge in [0.1, 0.15) is 18.6 Å². The second-order valence-electron chi connectivity index (χ2n) is 6.88. The number of aromatic nitrogens is 3. The van der Waals surface area contributed by atoms with Crippen molar-refractivity contribution in [3.63, 3.8) is 0 Å². The van der Waals surface area contributed by atoms with Crippen LogP contribution in [0.25, 0.3) is 5.69 Å². The van der Waals surface area contributed by atoms with Crippen molar-refractivity contribution in [3.05, 3.63) is 82.2 Å². The first-order valence-electron chi connectivity index (χ1n) is 9.98. The number of carbonyl (C=O) groups excluding carboxylic acids is 4. The van der Waals surface area contributed by atoms with Gasteiger partial charge in [0.2, 0.25) is 4.77 Å². The molecular formula is C22H16N6O5S2. The number of benzene rings is 2. The Labute approximate surface area is 207 Å². The maximum absolute atomic E-state index is 12.3. The summed E-state index contributed by atoms with van der Waals surface area (Å²) < 4.78 is 8.63. The molecule has 13 heteroatoms. The number of esters is 1.